The van der Waals surface area contributed by atoms with Gasteiger partial charge in [0.05, 0.1) is 19.3 Å². The second-order valence-electron chi connectivity index (χ2n) is 6.45. The Morgan fingerprint density at radius 2 is 1.85 bits per heavy atom. The summed E-state index contributed by atoms with van der Waals surface area (Å²) in [5, 5.41) is 6.55. The third kappa shape index (κ3) is 3.62. The fourth-order valence-corrected chi connectivity index (χ4v) is 3.58. The first-order valence-electron chi connectivity index (χ1n) is 8.72. The minimum absolute atomic E-state index is 0.154. The van der Waals surface area contributed by atoms with E-state index in [2.05, 4.69) is 47.0 Å². The zero-order valence-electron chi connectivity index (χ0n) is 14.9. The van der Waals surface area contributed by atoms with E-state index in [0.29, 0.717) is 16.5 Å². The van der Waals surface area contributed by atoms with Crippen LogP contribution < -0.4 is 15.4 Å². The molecule has 0 atom stereocenters. The predicted molar refractivity (Wildman–Crippen MR) is 110 cm³/mol. The Morgan fingerprint density at radius 3 is 2.70 bits per heavy atom. The van der Waals surface area contributed by atoms with Crippen molar-refractivity contribution in [3.05, 3.63) is 76.8 Å². The third-order valence-corrected chi connectivity index (χ3v) is 4.92. The van der Waals surface area contributed by atoms with Crippen molar-refractivity contribution in [2.45, 2.75) is 6.42 Å². The predicted octanol–water partition coefficient (Wildman–Crippen LogP) is 4.97. The van der Waals surface area contributed by atoms with Gasteiger partial charge >= 0.3 is 0 Å². The van der Waals surface area contributed by atoms with Crippen LogP contribution in [0.2, 0.25) is 5.02 Å². The molecule has 1 aliphatic carbocycles. The molecule has 1 amide bonds. The molecule has 0 fully saturated rings. The number of anilines is 2. The SMILES string of the molecule is COc1ccc(Cl)cc1NC(=O)CNc1ccc2c(c1)Cc1ccccc1-2. The number of amides is 1. The number of carbonyl (C=O) groups is 1. The molecule has 3 aromatic carbocycles. The van der Waals surface area contributed by atoms with Gasteiger partial charge in [0.25, 0.3) is 0 Å². The molecule has 27 heavy (non-hydrogen) atoms. The average Bonchev–Trinajstić information content (AvgIpc) is 3.04. The maximum Gasteiger partial charge on any atom is 0.243 e. The van der Waals surface area contributed by atoms with Gasteiger partial charge in [-0.15, -0.1) is 0 Å². The molecule has 1 aliphatic rings. The van der Waals surface area contributed by atoms with Crippen molar-refractivity contribution >= 4 is 28.9 Å². The molecule has 136 valence electrons. The van der Waals surface area contributed by atoms with E-state index in [-0.39, 0.29) is 12.5 Å². The molecule has 3 aromatic rings. The lowest BCUT2D eigenvalue weighted by molar-refractivity contribution is -0.114. The van der Waals surface area contributed by atoms with Crippen molar-refractivity contribution in [1.29, 1.82) is 0 Å². The number of benzene rings is 3. The van der Waals surface area contributed by atoms with E-state index in [0.717, 1.165) is 12.1 Å². The second kappa shape index (κ2) is 7.33. The summed E-state index contributed by atoms with van der Waals surface area (Å²) in [6.45, 7) is 0.154. The molecular weight excluding hydrogens is 360 g/mol. The van der Waals surface area contributed by atoms with Crippen molar-refractivity contribution in [1.82, 2.24) is 0 Å². The van der Waals surface area contributed by atoms with Crippen molar-refractivity contribution in [2.75, 3.05) is 24.3 Å². The maximum atomic E-state index is 12.3. The third-order valence-electron chi connectivity index (χ3n) is 4.68. The Labute approximate surface area is 163 Å². The number of ether oxygens (including phenoxy) is 1. The van der Waals surface area contributed by atoms with Gasteiger partial charge in [0, 0.05) is 10.7 Å². The van der Waals surface area contributed by atoms with Crippen LogP contribution in [0.5, 0.6) is 5.75 Å². The van der Waals surface area contributed by atoms with Crippen molar-refractivity contribution in [2.24, 2.45) is 0 Å². The van der Waals surface area contributed by atoms with E-state index in [1.54, 1.807) is 25.3 Å². The molecule has 4 rings (SSSR count). The lowest BCUT2D eigenvalue weighted by Crippen LogP contribution is -2.22. The minimum atomic E-state index is -0.167. The molecule has 4 nitrogen and oxygen atoms in total. The smallest absolute Gasteiger partial charge is 0.243 e. The summed E-state index contributed by atoms with van der Waals surface area (Å²) in [7, 11) is 1.56. The lowest BCUT2D eigenvalue weighted by atomic mass is 10.1. The van der Waals surface area contributed by atoms with Gasteiger partial charge in [0.2, 0.25) is 5.91 Å². The van der Waals surface area contributed by atoms with E-state index in [9.17, 15) is 4.79 Å². The molecule has 0 saturated heterocycles. The van der Waals surface area contributed by atoms with Crippen LogP contribution >= 0.6 is 11.6 Å². The van der Waals surface area contributed by atoms with E-state index >= 15 is 0 Å². The fourth-order valence-electron chi connectivity index (χ4n) is 3.41. The number of halogens is 1. The molecule has 0 unspecified atom stereocenters. The van der Waals surface area contributed by atoms with Crippen molar-refractivity contribution in [3.8, 4) is 16.9 Å². The zero-order valence-corrected chi connectivity index (χ0v) is 15.6. The number of fused-ring (bicyclic) bond motifs is 3. The van der Waals surface area contributed by atoms with Gasteiger partial charge in [-0.25, -0.2) is 0 Å². The standard InChI is InChI=1S/C22H19ClN2O2/c1-27-21-9-6-16(23)12-20(21)25-22(26)13-24-17-7-8-19-15(11-17)10-14-4-2-3-5-18(14)19/h2-9,11-12,24H,10,13H2,1H3,(H,25,26). The highest BCUT2D eigenvalue weighted by Gasteiger charge is 2.18. The van der Waals surface area contributed by atoms with Gasteiger partial charge in [0.15, 0.2) is 0 Å². The Bertz CT molecular complexity index is 1020. The molecule has 0 aliphatic heterocycles. The summed E-state index contributed by atoms with van der Waals surface area (Å²) in [6, 6.07) is 19.8. The summed E-state index contributed by atoms with van der Waals surface area (Å²) < 4.78 is 5.25. The molecule has 5 heteroatoms. The number of rotatable bonds is 5. The summed E-state index contributed by atoms with van der Waals surface area (Å²) in [5.74, 6) is 0.405. The molecule has 0 radical (unpaired) electrons. The molecule has 0 spiro atoms. The van der Waals surface area contributed by atoms with Crippen LogP contribution in [0.3, 0.4) is 0 Å². The summed E-state index contributed by atoms with van der Waals surface area (Å²) in [4.78, 5) is 12.3. The molecular formula is C22H19ClN2O2. The first kappa shape index (κ1) is 17.4. The maximum absolute atomic E-state index is 12.3. The Morgan fingerprint density at radius 1 is 1.04 bits per heavy atom. The van der Waals surface area contributed by atoms with Crippen LogP contribution in [-0.2, 0) is 11.2 Å². The van der Waals surface area contributed by atoms with E-state index in [1.165, 1.54) is 22.3 Å². The first-order chi connectivity index (χ1) is 13.1. The zero-order chi connectivity index (χ0) is 18.8. The highest BCUT2D eigenvalue weighted by atomic mass is 35.5. The summed E-state index contributed by atoms with van der Waals surface area (Å²) in [5.41, 5.74) is 6.67. The highest BCUT2D eigenvalue weighted by Crippen LogP contribution is 2.37. The Kier molecular flexibility index (Phi) is 4.73. The van der Waals surface area contributed by atoms with Gasteiger partial charge in [-0.05, 0) is 59.0 Å². The van der Waals surface area contributed by atoms with E-state index < -0.39 is 0 Å². The minimum Gasteiger partial charge on any atom is -0.495 e. The van der Waals surface area contributed by atoms with Gasteiger partial charge in [-0.1, -0.05) is 41.9 Å². The van der Waals surface area contributed by atoms with Crippen LogP contribution in [0.25, 0.3) is 11.1 Å². The lowest BCUT2D eigenvalue weighted by Gasteiger charge is -2.12. The quantitative estimate of drug-likeness (QED) is 0.515. The number of carbonyl (C=O) groups excluding carboxylic acids is 1. The van der Waals surface area contributed by atoms with Gasteiger partial charge < -0.3 is 15.4 Å². The number of hydrogen-bond donors (Lipinski definition) is 2. The number of nitrogens with one attached hydrogen (secondary N) is 2. The van der Waals surface area contributed by atoms with Crippen molar-refractivity contribution in [3.63, 3.8) is 0 Å². The van der Waals surface area contributed by atoms with Gasteiger partial charge in [-0.3, -0.25) is 4.79 Å². The second-order valence-corrected chi connectivity index (χ2v) is 6.89. The highest BCUT2D eigenvalue weighted by molar-refractivity contribution is 6.31. The molecule has 2 N–H and O–H groups in total. The summed E-state index contributed by atoms with van der Waals surface area (Å²) in [6.07, 6.45) is 0.924. The van der Waals surface area contributed by atoms with Gasteiger partial charge in [0.1, 0.15) is 5.75 Å². The Balaban J connectivity index is 1.42. The number of hydrogen-bond acceptors (Lipinski definition) is 3. The molecule has 0 saturated carbocycles. The van der Waals surface area contributed by atoms with Crippen LogP contribution in [-0.4, -0.2) is 19.6 Å². The van der Waals surface area contributed by atoms with Gasteiger partial charge in [-0.2, -0.15) is 0 Å². The normalized spacial score (nSPS) is 11.5. The monoisotopic (exact) mass is 378 g/mol. The van der Waals surface area contributed by atoms with E-state index in [1.807, 2.05) is 6.07 Å². The first-order valence-corrected chi connectivity index (χ1v) is 9.10. The van der Waals surface area contributed by atoms with Crippen LogP contribution in [0.15, 0.2) is 60.7 Å². The van der Waals surface area contributed by atoms with E-state index in [4.69, 9.17) is 16.3 Å². The summed E-state index contributed by atoms with van der Waals surface area (Å²) >= 11 is 6.00. The van der Waals surface area contributed by atoms with Crippen LogP contribution in [0.4, 0.5) is 11.4 Å². The number of methoxy groups -OCH3 is 1. The fraction of sp³-hybridized carbons (Fsp3) is 0.136. The Hall–Kier alpha value is -2.98. The molecule has 0 heterocycles. The average molecular weight is 379 g/mol. The molecule has 0 aromatic heterocycles. The van der Waals surface area contributed by atoms with Crippen LogP contribution in [0.1, 0.15) is 11.1 Å². The largest absolute Gasteiger partial charge is 0.495 e. The molecule has 0 bridgehead atoms. The van der Waals surface area contributed by atoms with Crippen LogP contribution in [0, 0.1) is 0 Å². The topological polar surface area (TPSA) is 50.4 Å². The van der Waals surface area contributed by atoms with Crippen molar-refractivity contribution < 1.29 is 9.53 Å².